The number of morpholine rings is 1. The third-order valence-corrected chi connectivity index (χ3v) is 6.04. The predicted octanol–water partition coefficient (Wildman–Crippen LogP) is 5.56. The number of hydrogen-bond acceptors (Lipinski definition) is 4. The van der Waals surface area contributed by atoms with Crippen molar-refractivity contribution in [3.63, 3.8) is 0 Å². The fourth-order valence-electron chi connectivity index (χ4n) is 3.82. The molecule has 2 aromatic rings. The van der Waals surface area contributed by atoms with Crippen LogP contribution in [0.4, 0.5) is 10.5 Å². The Labute approximate surface area is 197 Å². The van der Waals surface area contributed by atoms with Gasteiger partial charge in [0.15, 0.2) is 0 Å². The van der Waals surface area contributed by atoms with Crippen LogP contribution in [0.5, 0.6) is 0 Å². The normalized spacial score (nSPS) is 17.9. The molecule has 4 rings (SSSR count). The molecule has 2 N–H and O–H groups in total. The lowest BCUT2D eigenvalue weighted by atomic mass is 10.1. The van der Waals surface area contributed by atoms with Crippen molar-refractivity contribution in [3.8, 4) is 0 Å². The fraction of sp³-hybridized carbons (Fsp3) is 0.250. The van der Waals surface area contributed by atoms with E-state index in [1.807, 2.05) is 18.2 Å². The Bertz CT molecular complexity index is 1060. The monoisotopic (exact) mass is 470 g/mol. The molecule has 0 atom stereocenters. The van der Waals surface area contributed by atoms with Crippen molar-refractivity contribution in [1.82, 2.24) is 10.3 Å². The number of halogens is 2. The first-order valence-corrected chi connectivity index (χ1v) is 11.2. The molecule has 1 aliphatic heterocycles. The first-order chi connectivity index (χ1) is 15.6. The first kappa shape index (κ1) is 22.4. The number of rotatable bonds is 5. The Balaban J connectivity index is 1.49. The van der Waals surface area contributed by atoms with E-state index >= 15 is 0 Å². The zero-order valence-electron chi connectivity index (χ0n) is 17.5. The van der Waals surface area contributed by atoms with Gasteiger partial charge in [0, 0.05) is 24.5 Å². The Morgan fingerprint density at radius 3 is 2.56 bits per heavy atom. The average Bonchev–Trinajstić information content (AvgIpc) is 3.20. The summed E-state index contributed by atoms with van der Waals surface area (Å²) in [5, 5.41) is 7.68. The van der Waals surface area contributed by atoms with E-state index in [-0.39, 0.29) is 0 Å². The molecule has 32 heavy (non-hydrogen) atoms. The van der Waals surface area contributed by atoms with Gasteiger partial charge in [-0.25, -0.2) is 10.2 Å². The minimum Gasteiger partial charge on any atom is -0.378 e. The standard InChI is InChI=1S/C24H24Cl2N4O2/c25-21-9-8-20(15-22(21)26)28-24(31)29-27-16-19-7-6-18(14-17-4-2-1-3-5-17)23(19)30-10-12-32-13-11-30/h1-5,8-9,14-16H,6-7,10-13H2,(H2,28,29,31)/b18-14+,27-16-. The second-order valence-corrected chi connectivity index (χ2v) is 8.32. The largest absolute Gasteiger partial charge is 0.378 e. The van der Waals surface area contributed by atoms with Crippen molar-refractivity contribution in [2.24, 2.45) is 5.10 Å². The number of hydrogen-bond donors (Lipinski definition) is 2. The van der Waals surface area contributed by atoms with Gasteiger partial charge in [0.05, 0.1) is 29.5 Å². The maximum atomic E-state index is 12.2. The maximum Gasteiger partial charge on any atom is 0.339 e. The van der Waals surface area contributed by atoms with Gasteiger partial charge >= 0.3 is 6.03 Å². The number of carbonyl (C=O) groups is 1. The smallest absolute Gasteiger partial charge is 0.339 e. The molecule has 166 valence electrons. The van der Waals surface area contributed by atoms with E-state index in [0.29, 0.717) is 28.9 Å². The van der Waals surface area contributed by atoms with Gasteiger partial charge in [-0.2, -0.15) is 5.10 Å². The molecule has 0 spiro atoms. The highest BCUT2D eigenvalue weighted by Gasteiger charge is 2.25. The molecule has 0 bridgehead atoms. The lowest BCUT2D eigenvalue weighted by Gasteiger charge is -2.31. The highest BCUT2D eigenvalue weighted by Crippen LogP contribution is 2.35. The van der Waals surface area contributed by atoms with E-state index in [0.717, 1.165) is 31.5 Å². The van der Waals surface area contributed by atoms with Gasteiger partial charge < -0.3 is 15.0 Å². The van der Waals surface area contributed by atoms with Gasteiger partial charge in [0.25, 0.3) is 0 Å². The lowest BCUT2D eigenvalue weighted by Crippen LogP contribution is -2.36. The van der Waals surface area contributed by atoms with Crippen LogP contribution >= 0.6 is 23.2 Å². The molecular weight excluding hydrogens is 447 g/mol. The Morgan fingerprint density at radius 2 is 1.81 bits per heavy atom. The average molecular weight is 471 g/mol. The maximum absolute atomic E-state index is 12.2. The molecule has 6 nitrogen and oxygen atoms in total. The van der Waals surface area contributed by atoms with Crippen LogP contribution in [0.15, 0.2) is 70.5 Å². The number of allylic oxidation sites excluding steroid dienone is 2. The van der Waals surface area contributed by atoms with Crippen molar-refractivity contribution < 1.29 is 9.53 Å². The number of benzene rings is 2. The van der Waals surface area contributed by atoms with Crippen LogP contribution in [0.2, 0.25) is 10.0 Å². The van der Waals surface area contributed by atoms with Gasteiger partial charge in [-0.3, -0.25) is 0 Å². The molecule has 0 aromatic heterocycles. The summed E-state index contributed by atoms with van der Waals surface area (Å²) >= 11 is 11.9. The number of ether oxygens (including phenoxy) is 1. The van der Waals surface area contributed by atoms with E-state index in [1.165, 1.54) is 16.8 Å². The summed E-state index contributed by atoms with van der Waals surface area (Å²) in [7, 11) is 0. The van der Waals surface area contributed by atoms with Crippen LogP contribution in [-0.4, -0.2) is 43.4 Å². The Hall–Kier alpha value is -2.80. The van der Waals surface area contributed by atoms with Gasteiger partial charge in [-0.15, -0.1) is 0 Å². The van der Waals surface area contributed by atoms with E-state index in [4.69, 9.17) is 27.9 Å². The van der Waals surface area contributed by atoms with Gasteiger partial charge in [-0.05, 0) is 53.8 Å². The highest BCUT2D eigenvalue weighted by molar-refractivity contribution is 6.42. The van der Waals surface area contributed by atoms with Crippen molar-refractivity contribution in [2.45, 2.75) is 12.8 Å². The summed E-state index contributed by atoms with van der Waals surface area (Å²) in [6, 6.07) is 14.7. The van der Waals surface area contributed by atoms with Crippen molar-refractivity contribution in [3.05, 3.63) is 81.0 Å². The zero-order chi connectivity index (χ0) is 22.3. The summed E-state index contributed by atoms with van der Waals surface area (Å²) in [6.07, 6.45) is 5.77. The van der Waals surface area contributed by atoms with Crippen LogP contribution < -0.4 is 10.7 Å². The summed E-state index contributed by atoms with van der Waals surface area (Å²) in [4.78, 5) is 14.6. The van der Waals surface area contributed by atoms with E-state index in [1.54, 1.807) is 24.4 Å². The molecular formula is C24H24Cl2N4O2. The van der Waals surface area contributed by atoms with Crippen LogP contribution in [-0.2, 0) is 4.74 Å². The quantitative estimate of drug-likeness (QED) is 0.443. The zero-order valence-corrected chi connectivity index (χ0v) is 19.0. The van der Waals surface area contributed by atoms with Crippen LogP contribution in [0.3, 0.4) is 0 Å². The van der Waals surface area contributed by atoms with Crippen LogP contribution in [0.25, 0.3) is 6.08 Å². The summed E-state index contributed by atoms with van der Waals surface area (Å²) in [6.45, 7) is 3.09. The highest BCUT2D eigenvalue weighted by atomic mass is 35.5. The first-order valence-electron chi connectivity index (χ1n) is 10.5. The molecule has 0 radical (unpaired) electrons. The second-order valence-electron chi connectivity index (χ2n) is 7.51. The summed E-state index contributed by atoms with van der Waals surface area (Å²) in [5.41, 5.74) is 7.80. The molecule has 2 amide bonds. The van der Waals surface area contributed by atoms with Crippen molar-refractivity contribution in [2.75, 3.05) is 31.6 Å². The molecule has 1 fully saturated rings. The van der Waals surface area contributed by atoms with Gasteiger partial charge in [0.1, 0.15) is 0 Å². The van der Waals surface area contributed by atoms with E-state index < -0.39 is 6.03 Å². The topological polar surface area (TPSA) is 66.0 Å². The number of nitrogens with zero attached hydrogens (tertiary/aromatic N) is 2. The number of anilines is 1. The minimum absolute atomic E-state index is 0.372. The number of nitrogens with one attached hydrogen (secondary N) is 2. The van der Waals surface area contributed by atoms with Gasteiger partial charge in [-0.1, -0.05) is 53.5 Å². The van der Waals surface area contributed by atoms with Gasteiger partial charge in [0.2, 0.25) is 0 Å². The van der Waals surface area contributed by atoms with E-state index in [9.17, 15) is 4.79 Å². The molecule has 2 aromatic carbocycles. The second kappa shape index (κ2) is 10.7. The lowest BCUT2D eigenvalue weighted by molar-refractivity contribution is 0.0548. The van der Waals surface area contributed by atoms with Crippen molar-refractivity contribution in [1.29, 1.82) is 0 Å². The van der Waals surface area contributed by atoms with Crippen molar-refractivity contribution >= 4 is 47.2 Å². The molecule has 0 saturated carbocycles. The SMILES string of the molecule is O=C(N/N=C\C1=C(N2CCOCC2)C(=C/c2ccccc2)/CC1)Nc1ccc(Cl)c(Cl)c1. The number of carbonyl (C=O) groups excluding carboxylic acids is 1. The number of hydrazone groups is 1. The fourth-order valence-corrected chi connectivity index (χ4v) is 4.12. The number of urea groups is 1. The molecule has 1 heterocycles. The Morgan fingerprint density at radius 1 is 1.03 bits per heavy atom. The molecule has 0 unspecified atom stereocenters. The summed E-state index contributed by atoms with van der Waals surface area (Å²) in [5.74, 6) is 0. The molecule has 8 heteroatoms. The van der Waals surface area contributed by atoms with E-state index in [2.05, 4.69) is 39.0 Å². The van der Waals surface area contributed by atoms with Crippen LogP contribution in [0, 0.1) is 0 Å². The molecule has 1 aliphatic carbocycles. The van der Waals surface area contributed by atoms with Crippen LogP contribution in [0.1, 0.15) is 18.4 Å². The predicted molar refractivity (Wildman–Crippen MR) is 130 cm³/mol. The number of amides is 2. The molecule has 2 aliphatic rings. The third-order valence-electron chi connectivity index (χ3n) is 5.30. The minimum atomic E-state index is -0.453. The third kappa shape index (κ3) is 5.71. The summed E-state index contributed by atoms with van der Waals surface area (Å²) < 4.78 is 5.53. The Kier molecular flexibility index (Phi) is 7.47. The molecule has 1 saturated heterocycles.